The van der Waals surface area contributed by atoms with Gasteiger partial charge in [0, 0.05) is 49.4 Å². The van der Waals surface area contributed by atoms with Gasteiger partial charge in [0.05, 0.1) is 11.3 Å². The van der Waals surface area contributed by atoms with Crippen LogP contribution in [0.15, 0.2) is 78.5 Å². The van der Waals surface area contributed by atoms with Crippen LogP contribution < -0.4 is 4.90 Å². The van der Waals surface area contributed by atoms with Gasteiger partial charge in [-0.15, -0.1) is 11.3 Å². The quantitative estimate of drug-likeness (QED) is 0.140. The number of fused-ring (bicyclic) bond motifs is 4. The molecule has 2 heterocycles. The number of Topliss-reactive ketones (excluding diaryl/α,β-unsaturated/α-hetero) is 2. The van der Waals surface area contributed by atoms with Crippen molar-refractivity contribution >= 4 is 46.3 Å². The Morgan fingerprint density at radius 1 is 0.735 bits per heavy atom. The van der Waals surface area contributed by atoms with Gasteiger partial charge >= 0.3 is 0 Å². The summed E-state index contributed by atoms with van der Waals surface area (Å²) >= 11 is 1.44. The molecule has 0 aliphatic heterocycles. The molecule has 0 atom stereocenters. The summed E-state index contributed by atoms with van der Waals surface area (Å²) in [5.41, 5.74) is 6.32. The average Bonchev–Trinajstić information content (AvgIpc) is 3.63. The van der Waals surface area contributed by atoms with Crippen molar-refractivity contribution in [3.05, 3.63) is 129 Å². The predicted molar refractivity (Wildman–Crippen MR) is 193 cm³/mol. The molecule has 2 aromatic heterocycles. The Bertz CT molecular complexity index is 2120. The highest BCUT2D eigenvalue weighted by molar-refractivity contribution is 7.16. The summed E-state index contributed by atoms with van der Waals surface area (Å²) in [4.78, 5) is 40.0. The van der Waals surface area contributed by atoms with E-state index in [1.165, 1.54) is 28.5 Å². The van der Waals surface area contributed by atoms with Crippen LogP contribution in [0.4, 0.5) is 26.1 Å². The Morgan fingerprint density at radius 3 is 1.69 bits per heavy atom. The minimum Gasteiger partial charge on any atom is -0.288 e. The Morgan fingerprint density at radius 2 is 1.22 bits per heavy atom. The molecule has 3 aromatic carbocycles. The zero-order chi connectivity index (χ0) is 35.2. The van der Waals surface area contributed by atoms with Crippen molar-refractivity contribution < 1.29 is 18.4 Å². The van der Waals surface area contributed by atoms with Gasteiger partial charge < -0.3 is 0 Å². The number of hydrogen-bond acceptors (Lipinski definition) is 6. The molecule has 0 N–H and O–H groups in total. The Kier molecular flexibility index (Phi) is 7.41. The summed E-state index contributed by atoms with van der Waals surface area (Å²) in [5, 5.41) is 0. The summed E-state index contributed by atoms with van der Waals surface area (Å²) < 4.78 is 27.8. The number of carbonyl (C=O) groups is 2. The molecule has 0 fully saturated rings. The van der Waals surface area contributed by atoms with E-state index < -0.39 is 28.6 Å². The van der Waals surface area contributed by atoms with Crippen molar-refractivity contribution in [3.8, 4) is 10.4 Å². The van der Waals surface area contributed by atoms with Gasteiger partial charge in [-0.3, -0.25) is 14.5 Å². The fourth-order valence-corrected chi connectivity index (χ4v) is 7.86. The standard InChI is InChI=1S/C41H37F2N3O2S/c1-39(2,3)22-9-13-24(14-10-22)46(25-15-11-23(12-16-25)40(4,5)6)38-44-21-30-36-31(41(7,8)37(30)45-38)18-26(49-36)17-29-34(47)27-19-32(42)33(43)20-28(27)35(29)48/h9-21H,1-8H3. The molecule has 0 saturated carbocycles. The van der Waals surface area contributed by atoms with Crippen LogP contribution in [0.3, 0.4) is 0 Å². The molecule has 0 saturated heterocycles. The lowest BCUT2D eigenvalue weighted by molar-refractivity contribution is 0.0990. The van der Waals surface area contributed by atoms with Crippen LogP contribution in [0.5, 0.6) is 0 Å². The Balaban J connectivity index is 1.28. The van der Waals surface area contributed by atoms with E-state index in [0.717, 1.165) is 45.2 Å². The number of benzene rings is 3. The van der Waals surface area contributed by atoms with E-state index in [0.29, 0.717) is 10.8 Å². The third-order valence-electron chi connectivity index (χ3n) is 9.55. The highest BCUT2D eigenvalue weighted by Gasteiger charge is 2.41. The number of thiophene rings is 1. The fraction of sp³-hybridized carbons (Fsp3) is 0.268. The molecule has 5 nitrogen and oxygen atoms in total. The molecule has 0 unspecified atom stereocenters. The summed E-state index contributed by atoms with van der Waals surface area (Å²) in [6.07, 6.45) is 3.38. The second-order valence-electron chi connectivity index (χ2n) is 15.4. The SMILES string of the molecule is CC(C)(C)c1ccc(N(c2ccc(C(C)(C)C)cc2)c2ncc3c(n2)C(C)(C)c2cc(C=C4C(=O)c5cc(F)c(F)cc5C4=O)sc2-3)cc1. The van der Waals surface area contributed by atoms with Crippen LogP contribution in [0, 0.1) is 11.6 Å². The first-order valence-corrected chi connectivity index (χ1v) is 17.1. The zero-order valence-electron chi connectivity index (χ0n) is 28.8. The second-order valence-corrected chi connectivity index (χ2v) is 16.5. The van der Waals surface area contributed by atoms with Crippen molar-refractivity contribution in [1.82, 2.24) is 9.97 Å². The maximum Gasteiger partial charge on any atom is 0.234 e. The number of carbonyl (C=O) groups excluding carboxylic acids is 2. The molecule has 49 heavy (non-hydrogen) atoms. The topological polar surface area (TPSA) is 63.2 Å². The van der Waals surface area contributed by atoms with Crippen LogP contribution in [-0.4, -0.2) is 21.5 Å². The van der Waals surface area contributed by atoms with Gasteiger partial charge in [-0.2, -0.15) is 0 Å². The summed E-state index contributed by atoms with van der Waals surface area (Å²) in [7, 11) is 0. The summed E-state index contributed by atoms with van der Waals surface area (Å²) in [5.74, 6) is -2.97. The van der Waals surface area contributed by atoms with E-state index >= 15 is 0 Å². The predicted octanol–water partition coefficient (Wildman–Crippen LogP) is 10.6. The fourth-order valence-electron chi connectivity index (χ4n) is 6.59. The molecule has 7 rings (SSSR count). The molecule has 2 aliphatic carbocycles. The van der Waals surface area contributed by atoms with Crippen LogP contribution in [0.1, 0.15) is 103 Å². The van der Waals surface area contributed by atoms with Crippen molar-refractivity contribution in [2.24, 2.45) is 0 Å². The average molecular weight is 674 g/mol. The minimum atomic E-state index is -1.16. The third kappa shape index (κ3) is 5.42. The molecular formula is C41H37F2N3O2S. The number of ketones is 2. The van der Waals surface area contributed by atoms with E-state index in [9.17, 15) is 18.4 Å². The first-order chi connectivity index (χ1) is 22.9. The van der Waals surface area contributed by atoms with Crippen molar-refractivity contribution in [3.63, 3.8) is 0 Å². The van der Waals surface area contributed by atoms with Gasteiger partial charge in [0.25, 0.3) is 0 Å². The second kappa shape index (κ2) is 11.1. The molecular weight excluding hydrogens is 637 g/mol. The first kappa shape index (κ1) is 32.7. The number of nitrogens with zero attached hydrogens (tertiary/aromatic N) is 3. The van der Waals surface area contributed by atoms with E-state index in [2.05, 4.69) is 109 Å². The van der Waals surface area contributed by atoms with Gasteiger partial charge in [-0.1, -0.05) is 79.7 Å². The van der Waals surface area contributed by atoms with Crippen LogP contribution in [-0.2, 0) is 16.2 Å². The first-order valence-electron chi connectivity index (χ1n) is 16.3. The number of anilines is 3. The Labute approximate surface area is 289 Å². The lowest BCUT2D eigenvalue weighted by Gasteiger charge is -2.27. The molecule has 0 amide bonds. The summed E-state index contributed by atoms with van der Waals surface area (Å²) in [6.45, 7) is 17.4. The monoisotopic (exact) mass is 673 g/mol. The van der Waals surface area contributed by atoms with E-state index in [1.54, 1.807) is 0 Å². The highest BCUT2D eigenvalue weighted by Crippen LogP contribution is 2.52. The number of halogens is 2. The molecule has 5 aromatic rings. The van der Waals surface area contributed by atoms with Gasteiger partial charge in [0.2, 0.25) is 5.95 Å². The summed E-state index contributed by atoms with van der Waals surface area (Å²) in [6, 6.07) is 20.6. The van der Waals surface area contributed by atoms with E-state index in [4.69, 9.17) is 9.97 Å². The molecule has 248 valence electrons. The highest BCUT2D eigenvalue weighted by atomic mass is 32.1. The number of rotatable bonds is 4. The Hall–Kier alpha value is -4.82. The zero-order valence-corrected chi connectivity index (χ0v) is 29.6. The number of aromatic nitrogens is 2. The lowest BCUT2D eigenvalue weighted by atomic mass is 9.86. The molecule has 0 radical (unpaired) electrons. The van der Waals surface area contributed by atoms with E-state index in [1.807, 2.05) is 12.3 Å². The smallest absolute Gasteiger partial charge is 0.234 e. The minimum absolute atomic E-state index is 0.0101. The number of hydrogen-bond donors (Lipinski definition) is 0. The molecule has 0 spiro atoms. The van der Waals surface area contributed by atoms with Crippen LogP contribution >= 0.6 is 11.3 Å². The van der Waals surface area contributed by atoms with Crippen molar-refractivity contribution in [2.45, 2.75) is 71.6 Å². The maximum atomic E-state index is 13.9. The third-order valence-corrected chi connectivity index (χ3v) is 10.7. The molecule has 2 aliphatic rings. The lowest BCUT2D eigenvalue weighted by Crippen LogP contribution is -2.20. The van der Waals surface area contributed by atoms with Gasteiger partial charge in [0.15, 0.2) is 23.2 Å². The van der Waals surface area contributed by atoms with Crippen molar-refractivity contribution in [2.75, 3.05) is 4.90 Å². The normalized spacial score (nSPS) is 14.9. The molecule has 0 bridgehead atoms. The maximum absolute atomic E-state index is 13.9. The largest absolute Gasteiger partial charge is 0.288 e. The van der Waals surface area contributed by atoms with Gasteiger partial charge in [-0.05, 0) is 76.1 Å². The van der Waals surface area contributed by atoms with Crippen LogP contribution in [0.25, 0.3) is 16.5 Å². The van der Waals surface area contributed by atoms with E-state index in [-0.39, 0.29) is 27.5 Å². The van der Waals surface area contributed by atoms with Crippen molar-refractivity contribution in [1.29, 1.82) is 0 Å². The molecule has 8 heteroatoms. The number of allylic oxidation sites excluding steroid dienone is 1. The van der Waals surface area contributed by atoms with Gasteiger partial charge in [0.1, 0.15) is 0 Å². The van der Waals surface area contributed by atoms with Crippen LogP contribution in [0.2, 0.25) is 0 Å². The van der Waals surface area contributed by atoms with Gasteiger partial charge in [-0.25, -0.2) is 18.7 Å².